The van der Waals surface area contributed by atoms with Gasteiger partial charge in [-0.3, -0.25) is 4.79 Å². The van der Waals surface area contributed by atoms with E-state index in [0.29, 0.717) is 30.6 Å². The predicted molar refractivity (Wildman–Crippen MR) is 117 cm³/mol. The number of carbonyl (C=O) groups excluding carboxylic acids is 1. The van der Waals surface area contributed by atoms with Crippen molar-refractivity contribution in [2.24, 2.45) is 11.3 Å². The highest BCUT2D eigenvalue weighted by Gasteiger charge is 2.46. The van der Waals surface area contributed by atoms with Crippen molar-refractivity contribution in [2.45, 2.75) is 59.4 Å². The number of fused-ring (bicyclic) bond motifs is 3. The van der Waals surface area contributed by atoms with Gasteiger partial charge in [0.1, 0.15) is 11.6 Å². The lowest BCUT2D eigenvalue weighted by Gasteiger charge is -2.31. The average molecular weight is 448 g/mol. The van der Waals surface area contributed by atoms with Crippen molar-refractivity contribution < 1.29 is 22.7 Å². The fourth-order valence-corrected chi connectivity index (χ4v) is 4.26. The lowest BCUT2D eigenvalue weighted by molar-refractivity contribution is -0.274. The molecule has 2 heterocycles. The number of aromatic nitrogens is 1. The topological polar surface area (TPSA) is 54.5 Å². The maximum Gasteiger partial charge on any atom is 0.573 e. The Kier molecular flexibility index (Phi) is 5.59. The molecule has 2 atom stereocenters. The van der Waals surface area contributed by atoms with E-state index in [0.717, 1.165) is 35.5 Å². The summed E-state index contributed by atoms with van der Waals surface area (Å²) in [6.07, 6.45) is -3.22. The van der Waals surface area contributed by atoms with Gasteiger partial charge in [-0.1, -0.05) is 32.9 Å². The molecule has 4 rings (SSSR count). The molecule has 0 spiro atoms. The summed E-state index contributed by atoms with van der Waals surface area (Å²) in [4.78, 5) is 19.5. The van der Waals surface area contributed by atoms with E-state index in [1.807, 2.05) is 27.7 Å². The number of nitrogens with one attached hydrogen (secondary N) is 1. The van der Waals surface area contributed by atoms with E-state index in [-0.39, 0.29) is 17.1 Å². The highest BCUT2D eigenvalue weighted by Crippen LogP contribution is 2.54. The second-order valence-electron chi connectivity index (χ2n) is 10.0. The molecular formula is C24H28F3N3O2. The lowest BCUT2D eigenvalue weighted by atomic mass is 9.92. The number of halogens is 3. The summed E-state index contributed by atoms with van der Waals surface area (Å²) >= 11 is 0. The Bertz CT molecular complexity index is 1010. The lowest BCUT2D eigenvalue weighted by Crippen LogP contribution is -2.30. The summed E-state index contributed by atoms with van der Waals surface area (Å²) in [6.45, 7) is 9.45. The molecule has 8 heteroatoms. The number of ether oxygens (including phenoxy) is 1. The largest absolute Gasteiger partial charge is 0.573 e. The van der Waals surface area contributed by atoms with Crippen LogP contribution in [0.4, 0.5) is 24.7 Å². The Morgan fingerprint density at radius 2 is 1.91 bits per heavy atom. The zero-order valence-electron chi connectivity index (χ0n) is 18.7. The number of hydrogen-bond donors (Lipinski definition) is 1. The highest BCUT2D eigenvalue weighted by atomic mass is 19.4. The van der Waals surface area contributed by atoms with Crippen LogP contribution in [0, 0.1) is 18.3 Å². The molecule has 2 aliphatic rings. The molecule has 1 aliphatic heterocycles. The van der Waals surface area contributed by atoms with Gasteiger partial charge in [-0.25, -0.2) is 4.98 Å². The number of rotatable bonds is 5. The van der Waals surface area contributed by atoms with Crippen LogP contribution in [0.15, 0.2) is 30.3 Å². The molecule has 1 aromatic carbocycles. The Morgan fingerprint density at radius 3 is 2.53 bits per heavy atom. The summed E-state index contributed by atoms with van der Waals surface area (Å²) in [5.41, 5.74) is 3.71. The van der Waals surface area contributed by atoms with Crippen molar-refractivity contribution >= 4 is 17.4 Å². The van der Waals surface area contributed by atoms with Crippen LogP contribution in [0.25, 0.3) is 0 Å². The Balaban J connectivity index is 1.52. The smallest absolute Gasteiger partial charge is 0.406 e. The molecule has 0 saturated heterocycles. The van der Waals surface area contributed by atoms with Gasteiger partial charge in [-0.15, -0.1) is 13.2 Å². The number of aryl methyl sites for hydroxylation is 1. The molecule has 0 unspecified atom stereocenters. The predicted octanol–water partition coefficient (Wildman–Crippen LogP) is 5.79. The van der Waals surface area contributed by atoms with E-state index in [9.17, 15) is 18.0 Å². The van der Waals surface area contributed by atoms with Gasteiger partial charge in [-0.05, 0) is 54.0 Å². The molecule has 1 amide bonds. The van der Waals surface area contributed by atoms with Gasteiger partial charge in [0.15, 0.2) is 0 Å². The average Bonchev–Trinajstić information content (AvgIpc) is 3.41. The normalized spacial score (nSPS) is 19.8. The van der Waals surface area contributed by atoms with Crippen molar-refractivity contribution in [3.8, 4) is 5.75 Å². The third-order valence-electron chi connectivity index (χ3n) is 5.77. The first-order valence-corrected chi connectivity index (χ1v) is 10.8. The van der Waals surface area contributed by atoms with Gasteiger partial charge in [0.25, 0.3) is 0 Å². The molecule has 1 saturated carbocycles. The van der Waals surface area contributed by atoms with Crippen LogP contribution in [-0.4, -0.2) is 23.8 Å². The van der Waals surface area contributed by atoms with Gasteiger partial charge in [0.05, 0.1) is 11.4 Å². The molecule has 1 aliphatic carbocycles. The molecule has 5 nitrogen and oxygen atoms in total. The standard InChI is InChI=1S/C24H28F3N3O2/c1-14-9-19-21(29-22(14)28-20(31)11-23(2,3)4)18-10-16(18)13-30(19)12-15-5-7-17(8-6-15)32-24(25,26)27/h5-9,16,18H,10-13H2,1-4H3,(H,28,29,31)/t16-,18-/m1/s1. The minimum Gasteiger partial charge on any atom is -0.406 e. The quantitative estimate of drug-likeness (QED) is 0.631. The molecule has 2 aromatic rings. The SMILES string of the molecule is Cc1cc2c(nc1NC(=O)CC(C)(C)C)[C@@H]1C[C@@H]1CN2Cc1ccc(OC(F)(F)F)cc1. The Hall–Kier alpha value is -2.77. The fraction of sp³-hybridized carbons (Fsp3) is 0.500. The van der Waals surface area contributed by atoms with Crippen molar-refractivity contribution in [2.75, 3.05) is 16.8 Å². The molecule has 1 aromatic heterocycles. The number of carbonyl (C=O) groups is 1. The first-order valence-electron chi connectivity index (χ1n) is 10.8. The number of benzene rings is 1. The molecule has 0 bridgehead atoms. The van der Waals surface area contributed by atoms with Crippen LogP contribution in [0.5, 0.6) is 5.75 Å². The summed E-state index contributed by atoms with van der Waals surface area (Å²) in [7, 11) is 0. The third kappa shape index (κ3) is 5.34. The number of pyridine rings is 1. The van der Waals surface area contributed by atoms with E-state index in [4.69, 9.17) is 4.98 Å². The van der Waals surface area contributed by atoms with Gasteiger partial charge in [0.2, 0.25) is 5.91 Å². The highest BCUT2D eigenvalue weighted by molar-refractivity contribution is 5.91. The molecule has 1 N–H and O–H groups in total. The number of alkyl halides is 3. The fourth-order valence-electron chi connectivity index (χ4n) is 4.26. The second kappa shape index (κ2) is 7.98. The maximum atomic E-state index is 12.4. The zero-order valence-corrected chi connectivity index (χ0v) is 18.7. The molecule has 32 heavy (non-hydrogen) atoms. The number of anilines is 2. The van der Waals surface area contributed by atoms with Crippen LogP contribution in [-0.2, 0) is 11.3 Å². The van der Waals surface area contributed by atoms with Gasteiger partial charge >= 0.3 is 6.36 Å². The van der Waals surface area contributed by atoms with Gasteiger partial charge in [-0.2, -0.15) is 0 Å². The zero-order chi connectivity index (χ0) is 23.3. The monoisotopic (exact) mass is 447 g/mol. The number of nitrogens with zero attached hydrogens (tertiary/aromatic N) is 2. The Labute approximate surface area is 186 Å². The maximum absolute atomic E-state index is 12.4. The second-order valence-corrected chi connectivity index (χ2v) is 10.0. The van der Waals surface area contributed by atoms with Crippen molar-refractivity contribution in [1.29, 1.82) is 0 Å². The third-order valence-corrected chi connectivity index (χ3v) is 5.77. The summed E-state index contributed by atoms with van der Waals surface area (Å²) in [6, 6.07) is 8.04. The molecule has 1 fully saturated rings. The van der Waals surface area contributed by atoms with E-state index in [2.05, 4.69) is 21.0 Å². The van der Waals surface area contributed by atoms with Crippen LogP contribution >= 0.6 is 0 Å². The summed E-state index contributed by atoms with van der Waals surface area (Å²) < 4.78 is 41.1. The van der Waals surface area contributed by atoms with Crippen molar-refractivity contribution in [1.82, 2.24) is 4.98 Å². The molecule has 172 valence electrons. The van der Waals surface area contributed by atoms with Crippen molar-refractivity contribution in [3.63, 3.8) is 0 Å². The molecule has 0 radical (unpaired) electrons. The van der Waals surface area contributed by atoms with Crippen LogP contribution in [0.1, 0.15) is 56.4 Å². The van der Waals surface area contributed by atoms with Crippen LogP contribution in [0.2, 0.25) is 0 Å². The van der Waals surface area contributed by atoms with Crippen molar-refractivity contribution in [3.05, 3.63) is 47.2 Å². The van der Waals surface area contributed by atoms with E-state index in [1.54, 1.807) is 12.1 Å². The van der Waals surface area contributed by atoms with E-state index < -0.39 is 6.36 Å². The number of amides is 1. The minimum absolute atomic E-state index is 0.0470. The van der Waals surface area contributed by atoms with E-state index >= 15 is 0 Å². The number of hydrogen-bond acceptors (Lipinski definition) is 4. The van der Waals surface area contributed by atoms with Crippen LogP contribution < -0.4 is 15.0 Å². The van der Waals surface area contributed by atoms with Crippen LogP contribution in [0.3, 0.4) is 0 Å². The Morgan fingerprint density at radius 1 is 1.22 bits per heavy atom. The van der Waals surface area contributed by atoms with Gasteiger partial charge in [0, 0.05) is 25.4 Å². The first-order chi connectivity index (χ1) is 14.9. The van der Waals surface area contributed by atoms with E-state index in [1.165, 1.54) is 12.1 Å². The van der Waals surface area contributed by atoms with Gasteiger partial charge < -0.3 is 15.0 Å². The minimum atomic E-state index is -4.70. The first kappa shape index (κ1) is 22.4. The summed E-state index contributed by atoms with van der Waals surface area (Å²) in [5, 5.41) is 2.97. The molecular weight excluding hydrogens is 419 g/mol. The summed E-state index contributed by atoms with van der Waals surface area (Å²) in [5.74, 6) is 1.26.